The summed E-state index contributed by atoms with van der Waals surface area (Å²) in [6.07, 6.45) is 7.77. The van der Waals surface area contributed by atoms with Crippen LogP contribution in [-0.4, -0.2) is 84.9 Å². The second kappa shape index (κ2) is 18.5. The summed E-state index contributed by atoms with van der Waals surface area (Å²) >= 11 is 0. The predicted molar refractivity (Wildman–Crippen MR) is 149 cm³/mol. The fraction of sp³-hybridized carbons (Fsp3) is 0.767. The van der Waals surface area contributed by atoms with E-state index in [1.807, 2.05) is 0 Å². The highest BCUT2D eigenvalue weighted by Gasteiger charge is 2.44. The van der Waals surface area contributed by atoms with Crippen LogP contribution in [0.1, 0.15) is 114 Å². The van der Waals surface area contributed by atoms with E-state index in [1.54, 1.807) is 0 Å². The molecule has 1 fully saturated rings. The number of aliphatic hydroxyl groups is 4. The number of phenolic OH excluding ortho intramolecular Hbond substituents is 3. The van der Waals surface area contributed by atoms with Crippen LogP contribution in [0.15, 0.2) is 12.1 Å². The molecule has 10 heteroatoms. The number of carbonyl (C=O) groups excluding carboxylic acids is 1. The van der Waals surface area contributed by atoms with E-state index in [1.165, 1.54) is 0 Å². The summed E-state index contributed by atoms with van der Waals surface area (Å²) in [5, 5.41) is 68.6. The molecule has 230 valence electrons. The van der Waals surface area contributed by atoms with Crippen LogP contribution in [0.3, 0.4) is 0 Å². The van der Waals surface area contributed by atoms with Gasteiger partial charge in [-0.2, -0.15) is 0 Å². The molecule has 1 aliphatic rings. The van der Waals surface area contributed by atoms with E-state index in [2.05, 4.69) is 6.92 Å². The number of aromatic hydroxyl groups is 3. The Labute approximate surface area is 237 Å². The quantitative estimate of drug-likeness (QED) is 0.0894. The number of ketones is 1. The molecule has 2 rings (SSSR count). The molecule has 1 aliphatic heterocycles. The van der Waals surface area contributed by atoms with Gasteiger partial charge in [-0.3, -0.25) is 4.79 Å². The lowest BCUT2D eigenvalue weighted by molar-refractivity contribution is -0.312. The lowest BCUT2D eigenvalue weighted by Gasteiger charge is -2.41. The summed E-state index contributed by atoms with van der Waals surface area (Å²) in [4.78, 5) is 12.3. The van der Waals surface area contributed by atoms with Gasteiger partial charge in [0.25, 0.3) is 0 Å². The molecule has 6 unspecified atom stereocenters. The van der Waals surface area contributed by atoms with E-state index < -0.39 is 48.8 Å². The molecule has 1 aromatic carbocycles. The van der Waals surface area contributed by atoms with E-state index in [0.717, 1.165) is 95.6 Å². The van der Waals surface area contributed by atoms with E-state index in [0.29, 0.717) is 6.42 Å². The molecule has 1 heterocycles. The maximum atomic E-state index is 12.3. The number of hydrogen-bond donors (Lipinski definition) is 7. The number of Topliss-reactive ketones (excluding diaryl/α,β-unsaturated/α-hetero) is 1. The van der Waals surface area contributed by atoms with Gasteiger partial charge in [0.2, 0.25) is 0 Å². The molecule has 6 atom stereocenters. The monoisotopic (exact) mass is 570 g/mol. The number of aliphatic hydroxyl groups excluding tert-OH is 4. The van der Waals surface area contributed by atoms with Gasteiger partial charge in [-0.15, -0.1) is 0 Å². The minimum absolute atomic E-state index is 0.129. The number of phenols is 3. The highest BCUT2D eigenvalue weighted by molar-refractivity contribution is 6.01. The van der Waals surface area contributed by atoms with Crippen LogP contribution >= 0.6 is 0 Å². The summed E-state index contributed by atoms with van der Waals surface area (Å²) in [5.74, 6) is -1.42. The van der Waals surface area contributed by atoms with E-state index in [9.17, 15) is 40.5 Å². The normalized spacial score (nSPS) is 23.8. The van der Waals surface area contributed by atoms with Gasteiger partial charge in [0.15, 0.2) is 12.1 Å². The zero-order valence-corrected chi connectivity index (χ0v) is 23.8. The van der Waals surface area contributed by atoms with Crippen molar-refractivity contribution < 1.29 is 50.0 Å². The molecule has 0 aromatic heterocycles. The SMILES string of the molecule is CCCCC(CCCCCCCCCCCCC(=O)c1c(O)cc(O)cc1O)OC1OC(CO)C(O)C(O)C1O. The van der Waals surface area contributed by atoms with Crippen LogP contribution in [0.25, 0.3) is 0 Å². The third-order valence-corrected chi connectivity index (χ3v) is 7.59. The first kappa shape index (κ1) is 34.3. The van der Waals surface area contributed by atoms with E-state index in [4.69, 9.17) is 9.47 Å². The second-order valence-electron chi connectivity index (χ2n) is 11.0. The third kappa shape index (κ3) is 11.1. The highest BCUT2D eigenvalue weighted by atomic mass is 16.7. The molecule has 0 spiro atoms. The number of rotatable bonds is 20. The molecule has 0 radical (unpaired) electrons. The number of hydrogen-bond acceptors (Lipinski definition) is 10. The molecule has 1 saturated heterocycles. The molecule has 10 nitrogen and oxygen atoms in total. The molecule has 7 N–H and O–H groups in total. The van der Waals surface area contributed by atoms with Gasteiger partial charge in [-0.25, -0.2) is 0 Å². The molecular formula is C30H50O10. The van der Waals surface area contributed by atoms with Crippen molar-refractivity contribution in [3.63, 3.8) is 0 Å². The summed E-state index contributed by atoms with van der Waals surface area (Å²) in [7, 11) is 0. The first-order valence-corrected chi connectivity index (χ1v) is 14.9. The van der Waals surface area contributed by atoms with E-state index in [-0.39, 0.29) is 29.6 Å². The van der Waals surface area contributed by atoms with Crippen molar-refractivity contribution in [2.45, 2.75) is 140 Å². The topological polar surface area (TPSA) is 177 Å². The molecule has 1 aromatic rings. The Morgan fingerprint density at radius 3 is 1.88 bits per heavy atom. The smallest absolute Gasteiger partial charge is 0.186 e. The van der Waals surface area contributed by atoms with Gasteiger partial charge < -0.3 is 45.2 Å². The Hall–Kier alpha value is -1.95. The number of ether oxygens (including phenoxy) is 2. The van der Waals surface area contributed by atoms with Crippen molar-refractivity contribution in [1.29, 1.82) is 0 Å². The summed E-state index contributed by atoms with van der Waals surface area (Å²) in [6.45, 7) is 1.63. The van der Waals surface area contributed by atoms with E-state index >= 15 is 0 Å². The average molecular weight is 571 g/mol. The summed E-state index contributed by atoms with van der Waals surface area (Å²) in [6, 6.07) is 2.10. The molecule has 0 amide bonds. The van der Waals surface area contributed by atoms with Gasteiger partial charge in [0.05, 0.1) is 12.7 Å². The van der Waals surface area contributed by atoms with Crippen LogP contribution in [0.2, 0.25) is 0 Å². The van der Waals surface area contributed by atoms with Crippen molar-refractivity contribution in [3.8, 4) is 17.2 Å². The van der Waals surface area contributed by atoms with Gasteiger partial charge in [-0.1, -0.05) is 77.6 Å². The van der Waals surface area contributed by atoms with Gasteiger partial charge in [-0.05, 0) is 19.3 Å². The highest BCUT2D eigenvalue weighted by Crippen LogP contribution is 2.33. The van der Waals surface area contributed by atoms with Crippen LogP contribution in [-0.2, 0) is 9.47 Å². The average Bonchev–Trinajstić information content (AvgIpc) is 2.91. The Kier molecular flexibility index (Phi) is 15.8. The van der Waals surface area contributed by atoms with Crippen LogP contribution in [0, 0.1) is 0 Å². The van der Waals surface area contributed by atoms with Crippen LogP contribution in [0.4, 0.5) is 0 Å². The fourth-order valence-electron chi connectivity index (χ4n) is 5.16. The predicted octanol–water partition coefficient (Wildman–Crippen LogP) is 4.04. The zero-order valence-electron chi connectivity index (χ0n) is 23.8. The van der Waals surface area contributed by atoms with Crippen molar-refractivity contribution in [1.82, 2.24) is 0 Å². The molecule has 0 bridgehead atoms. The van der Waals surface area contributed by atoms with Gasteiger partial charge in [0, 0.05) is 18.6 Å². The van der Waals surface area contributed by atoms with Crippen LogP contribution in [0.5, 0.6) is 17.2 Å². The van der Waals surface area contributed by atoms with Crippen LogP contribution < -0.4 is 0 Å². The maximum absolute atomic E-state index is 12.3. The number of carbonyl (C=O) groups is 1. The Morgan fingerprint density at radius 1 is 0.800 bits per heavy atom. The maximum Gasteiger partial charge on any atom is 0.186 e. The summed E-state index contributed by atoms with van der Waals surface area (Å²) < 4.78 is 11.5. The Balaban J connectivity index is 1.55. The van der Waals surface area contributed by atoms with Gasteiger partial charge >= 0.3 is 0 Å². The van der Waals surface area contributed by atoms with Crippen molar-refractivity contribution in [3.05, 3.63) is 17.7 Å². The second-order valence-corrected chi connectivity index (χ2v) is 11.0. The lowest BCUT2D eigenvalue weighted by atomic mass is 9.98. The first-order valence-electron chi connectivity index (χ1n) is 14.9. The molecule has 0 aliphatic carbocycles. The minimum atomic E-state index is -1.43. The minimum Gasteiger partial charge on any atom is -0.508 e. The zero-order chi connectivity index (χ0) is 29.5. The number of unbranched alkanes of at least 4 members (excludes halogenated alkanes) is 10. The Bertz CT molecular complexity index is 838. The Morgan fingerprint density at radius 2 is 1.32 bits per heavy atom. The number of benzene rings is 1. The van der Waals surface area contributed by atoms with Gasteiger partial charge in [0.1, 0.15) is 47.2 Å². The molecular weight excluding hydrogens is 520 g/mol. The molecule has 0 saturated carbocycles. The first-order chi connectivity index (χ1) is 19.2. The van der Waals surface area contributed by atoms with Crippen molar-refractivity contribution in [2.24, 2.45) is 0 Å². The standard InChI is InChI=1S/C30H50O10/c1-2-3-14-21(39-30-29(38)28(37)27(36)25(19-31)40-30)15-12-10-8-6-4-5-7-9-11-13-16-22(33)26-23(34)17-20(32)18-24(26)35/h17-18,21,25,27-32,34-38H,2-16,19H2,1H3. The lowest BCUT2D eigenvalue weighted by Crippen LogP contribution is -2.59. The van der Waals surface area contributed by atoms with Crippen molar-refractivity contribution >= 4 is 5.78 Å². The largest absolute Gasteiger partial charge is 0.508 e. The third-order valence-electron chi connectivity index (χ3n) is 7.59. The summed E-state index contributed by atoms with van der Waals surface area (Å²) in [5.41, 5.74) is -0.130. The van der Waals surface area contributed by atoms with Crippen molar-refractivity contribution in [2.75, 3.05) is 6.61 Å². The molecule has 40 heavy (non-hydrogen) atoms. The fourth-order valence-corrected chi connectivity index (χ4v) is 5.16.